The molecule has 1 N–H and O–H groups in total. The third-order valence-corrected chi connectivity index (χ3v) is 4.00. The molecule has 2 rings (SSSR count). The summed E-state index contributed by atoms with van der Waals surface area (Å²) in [6.07, 6.45) is 0. The lowest BCUT2D eigenvalue weighted by atomic mass is 10.1. The first-order chi connectivity index (χ1) is 8.49. The van der Waals surface area contributed by atoms with Crippen molar-refractivity contribution in [2.24, 2.45) is 0 Å². The highest BCUT2D eigenvalue weighted by Gasteiger charge is 2.17. The monoisotopic (exact) mass is 261 g/mol. The van der Waals surface area contributed by atoms with Crippen molar-refractivity contribution in [3.8, 4) is 10.6 Å². The van der Waals surface area contributed by atoms with Crippen LogP contribution in [0.15, 0.2) is 23.6 Å². The molecule has 0 amide bonds. The van der Waals surface area contributed by atoms with Crippen LogP contribution >= 0.6 is 11.3 Å². The maximum Gasteiger partial charge on any atom is 0.312 e. The maximum atomic E-state index is 10.9. The van der Waals surface area contributed by atoms with Gasteiger partial charge in [0.1, 0.15) is 5.01 Å². The van der Waals surface area contributed by atoms with Gasteiger partial charge in [0.2, 0.25) is 0 Å². The largest absolute Gasteiger partial charge is 0.481 e. The molecule has 4 heteroatoms. The molecule has 0 aliphatic carbocycles. The van der Waals surface area contributed by atoms with Gasteiger partial charge < -0.3 is 5.11 Å². The number of hydrogen-bond acceptors (Lipinski definition) is 3. The van der Waals surface area contributed by atoms with Gasteiger partial charge in [-0.15, -0.1) is 11.3 Å². The van der Waals surface area contributed by atoms with Gasteiger partial charge in [-0.05, 0) is 38.0 Å². The van der Waals surface area contributed by atoms with E-state index in [9.17, 15) is 4.79 Å². The van der Waals surface area contributed by atoms with E-state index in [4.69, 9.17) is 5.11 Å². The molecule has 0 aliphatic heterocycles. The van der Waals surface area contributed by atoms with Crippen LogP contribution in [-0.4, -0.2) is 16.1 Å². The number of benzene rings is 1. The van der Waals surface area contributed by atoms with E-state index in [1.165, 1.54) is 22.5 Å². The molecule has 0 radical (unpaired) electrons. The summed E-state index contributed by atoms with van der Waals surface area (Å²) < 4.78 is 0. The Bertz CT molecular complexity index is 589. The topological polar surface area (TPSA) is 50.2 Å². The molecule has 0 saturated heterocycles. The van der Waals surface area contributed by atoms with Gasteiger partial charge in [-0.3, -0.25) is 4.79 Å². The number of aliphatic carboxylic acids is 1. The van der Waals surface area contributed by atoms with Gasteiger partial charge in [0.15, 0.2) is 0 Å². The number of rotatable bonds is 3. The molecule has 1 unspecified atom stereocenters. The van der Waals surface area contributed by atoms with E-state index in [-0.39, 0.29) is 0 Å². The lowest BCUT2D eigenvalue weighted by Crippen LogP contribution is -2.07. The van der Waals surface area contributed by atoms with Crippen molar-refractivity contribution < 1.29 is 9.90 Å². The van der Waals surface area contributed by atoms with Crippen LogP contribution in [0, 0.1) is 13.8 Å². The highest BCUT2D eigenvalue weighted by atomic mass is 32.1. The van der Waals surface area contributed by atoms with Crippen LogP contribution in [0.2, 0.25) is 0 Å². The molecule has 1 aromatic carbocycles. The third-order valence-electron chi connectivity index (χ3n) is 3.09. The summed E-state index contributed by atoms with van der Waals surface area (Å²) >= 11 is 1.49. The molecule has 0 saturated carbocycles. The Labute approximate surface area is 110 Å². The minimum atomic E-state index is -0.841. The summed E-state index contributed by atoms with van der Waals surface area (Å²) in [5.41, 5.74) is 4.14. The van der Waals surface area contributed by atoms with Gasteiger partial charge in [0, 0.05) is 10.9 Å². The van der Waals surface area contributed by atoms with Crippen molar-refractivity contribution in [1.82, 2.24) is 4.98 Å². The highest BCUT2D eigenvalue weighted by Crippen LogP contribution is 2.28. The zero-order valence-corrected chi connectivity index (χ0v) is 11.4. The number of aromatic nitrogens is 1. The van der Waals surface area contributed by atoms with E-state index in [1.54, 1.807) is 6.92 Å². The van der Waals surface area contributed by atoms with Crippen molar-refractivity contribution in [3.63, 3.8) is 0 Å². The predicted molar refractivity (Wildman–Crippen MR) is 73.1 cm³/mol. The number of carboxylic acids is 1. The number of thiazole rings is 1. The van der Waals surface area contributed by atoms with Crippen LogP contribution in [0.5, 0.6) is 0 Å². The Morgan fingerprint density at radius 2 is 2.06 bits per heavy atom. The lowest BCUT2D eigenvalue weighted by molar-refractivity contribution is -0.138. The SMILES string of the molecule is Cc1ccc(-c2nc(C(C)C(=O)O)cs2)cc1C. The number of carbonyl (C=O) groups is 1. The van der Waals surface area contributed by atoms with Crippen molar-refractivity contribution in [1.29, 1.82) is 0 Å². The third kappa shape index (κ3) is 2.43. The first kappa shape index (κ1) is 12.8. The number of nitrogens with zero attached hydrogens (tertiary/aromatic N) is 1. The van der Waals surface area contributed by atoms with Gasteiger partial charge in [-0.2, -0.15) is 0 Å². The summed E-state index contributed by atoms with van der Waals surface area (Å²) in [6.45, 7) is 5.79. The fraction of sp³-hybridized carbons (Fsp3) is 0.286. The van der Waals surface area contributed by atoms with E-state index in [1.807, 2.05) is 11.4 Å². The molecule has 0 aliphatic rings. The fourth-order valence-electron chi connectivity index (χ4n) is 1.62. The lowest BCUT2D eigenvalue weighted by Gasteiger charge is -2.03. The highest BCUT2D eigenvalue weighted by molar-refractivity contribution is 7.13. The van der Waals surface area contributed by atoms with Crippen molar-refractivity contribution in [2.75, 3.05) is 0 Å². The zero-order chi connectivity index (χ0) is 13.3. The minimum Gasteiger partial charge on any atom is -0.481 e. The van der Waals surface area contributed by atoms with E-state index in [2.05, 4.69) is 31.0 Å². The number of hydrogen-bond donors (Lipinski definition) is 1. The van der Waals surface area contributed by atoms with Crippen LogP contribution in [0.3, 0.4) is 0 Å². The predicted octanol–water partition coefficient (Wildman–Crippen LogP) is 3.62. The normalized spacial score (nSPS) is 12.4. The molecular weight excluding hydrogens is 246 g/mol. The van der Waals surface area contributed by atoms with Gasteiger partial charge >= 0.3 is 5.97 Å². The molecule has 0 spiro atoms. The van der Waals surface area contributed by atoms with Crippen molar-refractivity contribution in [2.45, 2.75) is 26.7 Å². The standard InChI is InChI=1S/C14H15NO2S/c1-8-4-5-11(6-9(8)2)13-15-12(7-18-13)10(3)14(16)17/h4-7,10H,1-3H3,(H,16,17). The number of aryl methyl sites for hydroxylation is 2. The van der Waals surface area contributed by atoms with Crippen molar-refractivity contribution in [3.05, 3.63) is 40.4 Å². The molecule has 0 fully saturated rings. The Morgan fingerprint density at radius 3 is 2.67 bits per heavy atom. The average molecular weight is 261 g/mol. The van der Waals surface area contributed by atoms with Crippen LogP contribution in [0.1, 0.15) is 29.7 Å². The van der Waals surface area contributed by atoms with E-state index >= 15 is 0 Å². The van der Waals surface area contributed by atoms with E-state index in [0.717, 1.165) is 10.6 Å². The second-order valence-corrected chi connectivity index (χ2v) is 5.29. The van der Waals surface area contributed by atoms with Crippen molar-refractivity contribution >= 4 is 17.3 Å². The van der Waals surface area contributed by atoms with Gasteiger partial charge in [0.25, 0.3) is 0 Å². The molecule has 1 aromatic heterocycles. The second-order valence-electron chi connectivity index (χ2n) is 4.44. The molecule has 1 atom stereocenters. The molecule has 0 bridgehead atoms. The first-order valence-corrected chi connectivity index (χ1v) is 6.63. The second kappa shape index (κ2) is 4.90. The minimum absolute atomic E-state index is 0.554. The summed E-state index contributed by atoms with van der Waals surface area (Å²) in [5.74, 6) is -1.39. The summed E-state index contributed by atoms with van der Waals surface area (Å²) in [6, 6.07) is 6.17. The number of carboxylic acid groups (broad SMARTS) is 1. The Balaban J connectivity index is 2.35. The van der Waals surface area contributed by atoms with Crippen LogP contribution in [-0.2, 0) is 4.79 Å². The van der Waals surface area contributed by atoms with Gasteiger partial charge in [-0.25, -0.2) is 4.98 Å². The van der Waals surface area contributed by atoms with E-state index < -0.39 is 11.9 Å². The quantitative estimate of drug-likeness (QED) is 0.918. The molecule has 1 heterocycles. The summed E-state index contributed by atoms with van der Waals surface area (Å²) in [7, 11) is 0. The smallest absolute Gasteiger partial charge is 0.312 e. The average Bonchev–Trinajstić information content (AvgIpc) is 2.81. The summed E-state index contributed by atoms with van der Waals surface area (Å²) in [5, 5.41) is 11.7. The first-order valence-electron chi connectivity index (χ1n) is 5.75. The maximum absolute atomic E-state index is 10.9. The Kier molecular flexibility index (Phi) is 3.48. The van der Waals surface area contributed by atoms with Crippen LogP contribution in [0.4, 0.5) is 0 Å². The summed E-state index contributed by atoms with van der Waals surface area (Å²) in [4.78, 5) is 15.3. The molecule has 18 heavy (non-hydrogen) atoms. The van der Waals surface area contributed by atoms with Crippen LogP contribution < -0.4 is 0 Å². The van der Waals surface area contributed by atoms with Gasteiger partial charge in [0.05, 0.1) is 11.6 Å². The molecule has 2 aromatic rings. The molecular formula is C14H15NO2S. The fourth-order valence-corrected chi connectivity index (χ4v) is 2.53. The molecule has 94 valence electrons. The van der Waals surface area contributed by atoms with Gasteiger partial charge in [-0.1, -0.05) is 12.1 Å². The Hall–Kier alpha value is -1.68. The zero-order valence-electron chi connectivity index (χ0n) is 10.6. The molecule has 3 nitrogen and oxygen atoms in total. The van der Waals surface area contributed by atoms with E-state index in [0.29, 0.717) is 5.69 Å². The van der Waals surface area contributed by atoms with Crippen LogP contribution in [0.25, 0.3) is 10.6 Å². The Morgan fingerprint density at radius 1 is 1.33 bits per heavy atom.